The lowest BCUT2D eigenvalue weighted by molar-refractivity contribution is -0.147. The van der Waals surface area contributed by atoms with E-state index in [1.54, 1.807) is 0 Å². The number of carbonyl (C=O) groups is 1. The van der Waals surface area contributed by atoms with Crippen molar-refractivity contribution in [2.24, 2.45) is 16.8 Å². The van der Waals surface area contributed by atoms with Crippen LogP contribution in [-0.4, -0.2) is 42.3 Å². The van der Waals surface area contributed by atoms with Gasteiger partial charge in [-0.2, -0.15) is 5.10 Å². The molecular weight excluding hydrogens is 462 g/mol. The van der Waals surface area contributed by atoms with Crippen molar-refractivity contribution in [3.63, 3.8) is 0 Å². The molecule has 0 aliphatic carbocycles. The molecule has 0 bridgehead atoms. The average molecular weight is 483 g/mol. The number of ether oxygens (including phenoxy) is 2. The van der Waals surface area contributed by atoms with E-state index >= 15 is 0 Å². The highest BCUT2D eigenvalue weighted by atomic mass is 32.2. The van der Waals surface area contributed by atoms with Crippen LogP contribution in [0, 0.1) is 29.2 Å². The molecule has 2 aromatic carbocycles. The number of benzene rings is 2. The summed E-state index contributed by atoms with van der Waals surface area (Å²) in [5.74, 6) is -4.75. The summed E-state index contributed by atoms with van der Waals surface area (Å²) in [6.45, 7) is 1.61. The van der Waals surface area contributed by atoms with Crippen molar-refractivity contribution in [2.45, 2.75) is 24.3 Å². The van der Waals surface area contributed by atoms with Gasteiger partial charge in [-0.1, -0.05) is 11.8 Å². The Labute approximate surface area is 191 Å². The number of fused-ring (bicyclic) bond motifs is 2. The zero-order chi connectivity index (χ0) is 23.9. The van der Waals surface area contributed by atoms with E-state index in [1.165, 1.54) is 14.0 Å². The van der Waals surface area contributed by atoms with Crippen LogP contribution in [0.3, 0.4) is 0 Å². The lowest BCUT2D eigenvalue weighted by atomic mass is 9.86. The largest absolute Gasteiger partial charge is 0.490 e. The molecule has 0 saturated heterocycles. The molecule has 1 amide bonds. The van der Waals surface area contributed by atoms with E-state index in [4.69, 9.17) is 15.2 Å². The fraction of sp³-hybridized carbons (Fsp3) is 0.364. The summed E-state index contributed by atoms with van der Waals surface area (Å²) in [7, 11) is 1.32. The minimum absolute atomic E-state index is 0.0157. The molecule has 2 aliphatic rings. The van der Waals surface area contributed by atoms with E-state index in [0.717, 1.165) is 41.0 Å². The van der Waals surface area contributed by atoms with Gasteiger partial charge in [0.05, 0.1) is 6.61 Å². The summed E-state index contributed by atoms with van der Waals surface area (Å²) in [6.07, 6.45) is -0.685. The third kappa shape index (κ3) is 3.87. The summed E-state index contributed by atoms with van der Waals surface area (Å²) >= 11 is 0.906. The lowest BCUT2D eigenvalue weighted by Gasteiger charge is -2.45. The second kappa shape index (κ2) is 8.96. The maximum absolute atomic E-state index is 14.7. The van der Waals surface area contributed by atoms with Crippen LogP contribution in [0.15, 0.2) is 35.4 Å². The molecule has 0 unspecified atom stereocenters. The molecule has 2 N–H and O–H groups in total. The summed E-state index contributed by atoms with van der Waals surface area (Å²) < 4.78 is 68.4. The molecule has 0 aromatic heterocycles. The average Bonchev–Trinajstić information content (AvgIpc) is 3.17. The van der Waals surface area contributed by atoms with Crippen LogP contribution < -0.4 is 10.5 Å². The third-order valence-corrected chi connectivity index (χ3v) is 7.25. The highest BCUT2D eigenvalue weighted by molar-refractivity contribution is 8.15. The van der Waals surface area contributed by atoms with Crippen LogP contribution in [0.2, 0.25) is 0 Å². The minimum Gasteiger partial charge on any atom is -0.490 e. The predicted molar refractivity (Wildman–Crippen MR) is 114 cm³/mol. The van der Waals surface area contributed by atoms with Crippen LogP contribution in [0.5, 0.6) is 5.75 Å². The number of hydrogen-bond donors (Lipinski definition) is 1. The first-order valence-corrected chi connectivity index (χ1v) is 11.0. The van der Waals surface area contributed by atoms with E-state index in [2.05, 4.69) is 5.10 Å². The minimum atomic E-state index is -1.52. The number of methoxy groups -OCH3 is 1. The Kier molecular flexibility index (Phi) is 6.39. The molecule has 0 radical (unpaired) electrons. The smallest absolute Gasteiger partial charge is 0.273 e. The maximum Gasteiger partial charge on any atom is 0.273 e. The van der Waals surface area contributed by atoms with Gasteiger partial charge in [-0.3, -0.25) is 4.79 Å². The zero-order valence-electron chi connectivity index (χ0n) is 17.8. The predicted octanol–water partition coefficient (Wildman–Crippen LogP) is 3.73. The normalized spacial score (nSPS) is 22.7. The summed E-state index contributed by atoms with van der Waals surface area (Å²) in [4.78, 5) is 11.8. The number of halogens is 4. The summed E-state index contributed by atoms with van der Waals surface area (Å²) in [5, 5.41) is 5.36. The lowest BCUT2D eigenvalue weighted by Crippen LogP contribution is -2.53. The second-order valence-electron chi connectivity index (χ2n) is 7.71. The fourth-order valence-electron chi connectivity index (χ4n) is 4.03. The number of hydrogen-bond acceptors (Lipinski definition) is 6. The van der Waals surface area contributed by atoms with E-state index in [-0.39, 0.29) is 35.1 Å². The quantitative estimate of drug-likeness (QED) is 0.656. The standard InChI is InChI=1S/C22H21F4N3O3S/c1-11(31-2)21(30)29-22(33-20(28-29)15-7-13(23)3-4-17(15)25)12(5-6-27)10-32-19-16(22)8-14(24)9-18(19)26/h3-4,7-9,11-12H,5-6,10,27H2,1-2H3/t11-,12-,22+/m1/s1. The fourth-order valence-corrected chi connectivity index (χ4v) is 5.54. The first-order chi connectivity index (χ1) is 15.7. The molecule has 0 fully saturated rings. The van der Waals surface area contributed by atoms with E-state index in [0.29, 0.717) is 12.5 Å². The number of hydrazone groups is 1. The van der Waals surface area contributed by atoms with Gasteiger partial charge in [-0.05, 0) is 44.2 Å². The number of nitrogens with zero attached hydrogens (tertiary/aromatic N) is 2. The monoisotopic (exact) mass is 483 g/mol. The first-order valence-electron chi connectivity index (χ1n) is 10.1. The van der Waals surface area contributed by atoms with E-state index in [9.17, 15) is 22.4 Å². The van der Waals surface area contributed by atoms with Crippen molar-refractivity contribution < 1.29 is 31.8 Å². The summed E-state index contributed by atoms with van der Waals surface area (Å²) in [5.41, 5.74) is 5.63. The molecule has 2 aromatic rings. The van der Waals surface area contributed by atoms with E-state index < -0.39 is 46.1 Å². The Bertz CT molecular complexity index is 1130. The van der Waals surface area contributed by atoms with Crippen LogP contribution in [0.4, 0.5) is 17.6 Å². The Hall–Kier alpha value is -2.63. The Balaban J connectivity index is 1.97. The molecule has 33 heavy (non-hydrogen) atoms. The van der Waals surface area contributed by atoms with Gasteiger partial charge in [0.1, 0.15) is 28.6 Å². The van der Waals surface area contributed by atoms with Crippen molar-refractivity contribution in [3.8, 4) is 5.75 Å². The molecule has 0 saturated carbocycles. The number of carbonyl (C=O) groups excluding carboxylic acids is 1. The molecule has 2 aliphatic heterocycles. The first kappa shape index (κ1) is 23.5. The van der Waals surface area contributed by atoms with Crippen molar-refractivity contribution in [1.29, 1.82) is 0 Å². The second-order valence-corrected chi connectivity index (χ2v) is 8.92. The van der Waals surface area contributed by atoms with Gasteiger partial charge in [0, 0.05) is 30.2 Å². The number of rotatable bonds is 5. The molecular formula is C22H21F4N3O3S. The van der Waals surface area contributed by atoms with Crippen molar-refractivity contribution in [1.82, 2.24) is 5.01 Å². The van der Waals surface area contributed by atoms with Crippen LogP contribution >= 0.6 is 11.8 Å². The number of thioether (sulfide) groups is 1. The highest BCUT2D eigenvalue weighted by Gasteiger charge is 2.58. The molecule has 4 rings (SSSR count). The van der Waals surface area contributed by atoms with Gasteiger partial charge >= 0.3 is 0 Å². The van der Waals surface area contributed by atoms with Crippen LogP contribution in [0.25, 0.3) is 0 Å². The number of nitrogens with two attached hydrogens (primary N) is 1. The van der Waals surface area contributed by atoms with Crippen LogP contribution in [-0.2, 0) is 14.4 Å². The van der Waals surface area contributed by atoms with Gasteiger partial charge in [0.15, 0.2) is 16.4 Å². The molecule has 1 spiro atoms. The maximum atomic E-state index is 14.7. The SMILES string of the molecule is CO[C@H](C)C(=O)N1N=C(c2cc(F)ccc2F)S[C@@]12c1cc(F)cc(F)c1OC[C@H]2CCN. The van der Waals surface area contributed by atoms with E-state index in [1.807, 2.05) is 0 Å². The molecule has 11 heteroatoms. The third-order valence-electron chi connectivity index (χ3n) is 5.72. The Morgan fingerprint density at radius 2 is 2.03 bits per heavy atom. The number of amides is 1. The van der Waals surface area contributed by atoms with Gasteiger partial charge in [-0.15, -0.1) is 0 Å². The van der Waals surface area contributed by atoms with Crippen LogP contribution in [0.1, 0.15) is 24.5 Å². The highest BCUT2D eigenvalue weighted by Crippen LogP contribution is 2.58. The molecule has 3 atom stereocenters. The summed E-state index contributed by atoms with van der Waals surface area (Å²) in [6, 6.07) is 4.58. The van der Waals surface area contributed by atoms with Crippen molar-refractivity contribution in [2.75, 3.05) is 20.3 Å². The molecule has 2 heterocycles. The Morgan fingerprint density at radius 3 is 2.73 bits per heavy atom. The Morgan fingerprint density at radius 1 is 1.27 bits per heavy atom. The van der Waals surface area contributed by atoms with Crippen molar-refractivity contribution in [3.05, 3.63) is 64.7 Å². The van der Waals surface area contributed by atoms with Gasteiger partial charge < -0.3 is 15.2 Å². The topological polar surface area (TPSA) is 77.1 Å². The zero-order valence-corrected chi connectivity index (χ0v) is 18.6. The molecule has 6 nitrogen and oxygen atoms in total. The van der Waals surface area contributed by atoms with Gasteiger partial charge in [0.25, 0.3) is 5.91 Å². The van der Waals surface area contributed by atoms with Gasteiger partial charge in [0.2, 0.25) is 0 Å². The van der Waals surface area contributed by atoms with Crippen molar-refractivity contribution >= 4 is 22.7 Å². The van der Waals surface area contributed by atoms with Gasteiger partial charge in [-0.25, -0.2) is 22.6 Å². The molecule has 176 valence electrons.